The van der Waals surface area contributed by atoms with Gasteiger partial charge in [-0.2, -0.15) is 0 Å². The Balaban J connectivity index is 1.80. The van der Waals surface area contributed by atoms with Crippen LogP contribution in [0.25, 0.3) is 0 Å². The average Bonchev–Trinajstić information content (AvgIpc) is 3.24. The van der Waals surface area contributed by atoms with Crippen molar-refractivity contribution in [3.8, 4) is 0 Å². The number of hydrogen-bond donors (Lipinski definition) is 2. The van der Waals surface area contributed by atoms with E-state index < -0.39 is 11.6 Å². The summed E-state index contributed by atoms with van der Waals surface area (Å²) in [4.78, 5) is 11.8. The molecule has 1 atom stereocenters. The Morgan fingerprint density at radius 2 is 2.10 bits per heavy atom. The summed E-state index contributed by atoms with van der Waals surface area (Å²) in [5, 5.41) is 11.9. The van der Waals surface area contributed by atoms with Crippen LogP contribution in [0.1, 0.15) is 31.2 Å². The second kappa shape index (κ2) is 6.79. The molecule has 1 amide bonds. The number of nitrogens with one attached hydrogen (secondary N) is 1. The molecule has 0 spiro atoms. The van der Waals surface area contributed by atoms with Crippen LogP contribution in [0.2, 0.25) is 0 Å². The Hall–Kier alpha value is -1.49. The first-order valence-electron chi connectivity index (χ1n) is 6.94. The monoisotopic (exact) mass is 283 g/mol. The van der Waals surface area contributed by atoms with Gasteiger partial charge in [0.2, 0.25) is 5.91 Å². The molecule has 0 aromatic heterocycles. The first-order valence-corrected chi connectivity index (χ1v) is 6.94. The summed E-state index contributed by atoms with van der Waals surface area (Å²) in [5.74, 6) is -1.40. The molecule has 2 N–H and O–H groups in total. The third-order valence-electron chi connectivity index (χ3n) is 3.60. The van der Waals surface area contributed by atoms with E-state index in [-0.39, 0.29) is 25.0 Å². The lowest BCUT2D eigenvalue weighted by Crippen LogP contribution is -2.37. The van der Waals surface area contributed by atoms with Gasteiger partial charge in [0.05, 0.1) is 0 Å². The van der Waals surface area contributed by atoms with Gasteiger partial charge in [-0.05, 0) is 49.3 Å². The molecule has 0 bridgehead atoms. The maximum Gasteiger partial charge on any atom is 0.220 e. The largest absolute Gasteiger partial charge is 0.396 e. The molecule has 2 rings (SSSR count). The molecule has 0 radical (unpaired) electrons. The number of amides is 1. The van der Waals surface area contributed by atoms with Crippen molar-refractivity contribution in [3.63, 3.8) is 0 Å². The van der Waals surface area contributed by atoms with Crippen LogP contribution in [0.5, 0.6) is 0 Å². The van der Waals surface area contributed by atoms with Gasteiger partial charge in [-0.3, -0.25) is 4.79 Å². The van der Waals surface area contributed by atoms with Crippen LogP contribution in [0.3, 0.4) is 0 Å². The Morgan fingerprint density at radius 1 is 1.35 bits per heavy atom. The van der Waals surface area contributed by atoms with Gasteiger partial charge in [0.1, 0.15) is 0 Å². The van der Waals surface area contributed by atoms with E-state index in [0.29, 0.717) is 24.3 Å². The number of rotatable bonds is 7. The van der Waals surface area contributed by atoms with Crippen LogP contribution in [-0.4, -0.2) is 23.7 Å². The van der Waals surface area contributed by atoms with E-state index in [4.69, 9.17) is 5.11 Å². The Labute approximate surface area is 117 Å². The highest BCUT2D eigenvalue weighted by Crippen LogP contribution is 2.33. The van der Waals surface area contributed by atoms with Gasteiger partial charge in [0.25, 0.3) is 0 Å². The molecule has 3 nitrogen and oxygen atoms in total. The van der Waals surface area contributed by atoms with Gasteiger partial charge < -0.3 is 10.4 Å². The molecule has 1 aliphatic rings. The summed E-state index contributed by atoms with van der Waals surface area (Å²) < 4.78 is 25.8. The molecule has 0 saturated heterocycles. The molecular formula is C15H19F2NO2. The molecule has 1 aromatic rings. The van der Waals surface area contributed by atoms with Crippen LogP contribution in [-0.2, 0) is 11.2 Å². The molecular weight excluding hydrogens is 264 g/mol. The third kappa shape index (κ3) is 4.27. The summed E-state index contributed by atoms with van der Waals surface area (Å²) in [6.07, 6.45) is 3.36. The van der Waals surface area contributed by atoms with Crippen LogP contribution in [0.4, 0.5) is 8.78 Å². The lowest BCUT2D eigenvalue weighted by atomic mass is 10.1. The number of hydrogen-bond acceptors (Lipinski definition) is 2. The minimum absolute atomic E-state index is 0.0393. The predicted molar refractivity (Wildman–Crippen MR) is 71.0 cm³/mol. The summed E-state index contributed by atoms with van der Waals surface area (Å²) in [7, 11) is 0. The fraction of sp³-hybridized carbons (Fsp3) is 0.533. The molecule has 0 aliphatic heterocycles. The zero-order valence-electron chi connectivity index (χ0n) is 11.2. The number of aryl methyl sites for hydroxylation is 1. The quantitative estimate of drug-likeness (QED) is 0.806. The smallest absolute Gasteiger partial charge is 0.220 e. The molecule has 0 heterocycles. The molecule has 5 heteroatoms. The van der Waals surface area contributed by atoms with Crippen molar-refractivity contribution < 1.29 is 18.7 Å². The van der Waals surface area contributed by atoms with Gasteiger partial charge in [0.15, 0.2) is 11.6 Å². The SMILES string of the molecule is O=C(CCc1ccc(F)c(F)c1)NC(CCO)C1CC1. The summed E-state index contributed by atoms with van der Waals surface area (Å²) in [5.41, 5.74) is 0.601. The van der Waals surface area contributed by atoms with E-state index in [0.717, 1.165) is 25.0 Å². The number of benzene rings is 1. The maximum absolute atomic E-state index is 13.0. The van der Waals surface area contributed by atoms with E-state index in [1.807, 2.05) is 0 Å². The van der Waals surface area contributed by atoms with Crippen molar-refractivity contribution in [2.24, 2.45) is 5.92 Å². The maximum atomic E-state index is 13.0. The van der Waals surface area contributed by atoms with Gasteiger partial charge in [-0.1, -0.05) is 6.07 Å². The lowest BCUT2D eigenvalue weighted by molar-refractivity contribution is -0.122. The van der Waals surface area contributed by atoms with Gasteiger partial charge in [-0.25, -0.2) is 8.78 Å². The fourth-order valence-corrected chi connectivity index (χ4v) is 2.30. The van der Waals surface area contributed by atoms with E-state index in [1.54, 1.807) is 0 Å². The normalized spacial score (nSPS) is 15.9. The van der Waals surface area contributed by atoms with Crippen LogP contribution >= 0.6 is 0 Å². The highest BCUT2D eigenvalue weighted by Gasteiger charge is 2.31. The summed E-state index contributed by atoms with van der Waals surface area (Å²) in [6.45, 7) is 0.0601. The number of halogens is 2. The van der Waals surface area contributed by atoms with Crippen molar-refractivity contribution >= 4 is 5.91 Å². The van der Waals surface area contributed by atoms with Crippen molar-refractivity contribution in [2.45, 2.75) is 38.1 Å². The standard InChI is InChI=1S/C15H19F2NO2/c16-12-5-1-10(9-13(12)17)2-6-15(20)18-14(7-8-19)11-3-4-11/h1,5,9,11,14,19H,2-4,6-8H2,(H,18,20). The molecule has 110 valence electrons. The predicted octanol–water partition coefficient (Wildman–Crippen LogP) is 2.17. The van der Waals surface area contributed by atoms with Gasteiger partial charge in [-0.15, -0.1) is 0 Å². The number of carbonyl (C=O) groups excluding carboxylic acids is 1. The Kier molecular flexibility index (Phi) is 5.06. The van der Waals surface area contributed by atoms with Gasteiger partial charge in [0, 0.05) is 19.1 Å². The molecule has 1 unspecified atom stereocenters. The highest BCUT2D eigenvalue weighted by atomic mass is 19.2. The molecule has 1 fully saturated rings. The summed E-state index contributed by atoms with van der Waals surface area (Å²) >= 11 is 0. The molecule has 1 aromatic carbocycles. The lowest BCUT2D eigenvalue weighted by Gasteiger charge is -2.17. The Morgan fingerprint density at radius 3 is 2.70 bits per heavy atom. The van der Waals surface area contributed by atoms with E-state index in [9.17, 15) is 13.6 Å². The van der Waals surface area contributed by atoms with Gasteiger partial charge >= 0.3 is 0 Å². The molecule has 20 heavy (non-hydrogen) atoms. The number of carbonyl (C=O) groups is 1. The van der Waals surface area contributed by atoms with Crippen molar-refractivity contribution in [3.05, 3.63) is 35.4 Å². The average molecular weight is 283 g/mol. The highest BCUT2D eigenvalue weighted by molar-refractivity contribution is 5.76. The second-order valence-electron chi connectivity index (χ2n) is 5.27. The minimum atomic E-state index is -0.890. The number of aliphatic hydroxyl groups excluding tert-OH is 1. The Bertz CT molecular complexity index is 475. The topological polar surface area (TPSA) is 49.3 Å². The third-order valence-corrected chi connectivity index (χ3v) is 3.60. The fourth-order valence-electron chi connectivity index (χ4n) is 2.30. The minimum Gasteiger partial charge on any atom is -0.396 e. The van der Waals surface area contributed by atoms with Crippen LogP contribution in [0.15, 0.2) is 18.2 Å². The van der Waals surface area contributed by atoms with E-state index in [2.05, 4.69) is 5.32 Å². The van der Waals surface area contributed by atoms with Crippen molar-refractivity contribution in [1.82, 2.24) is 5.32 Å². The first-order chi connectivity index (χ1) is 9.60. The second-order valence-corrected chi connectivity index (χ2v) is 5.27. The van der Waals surface area contributed by atoms with Crippen molar-refractivity contribution in [2.75, 3.05) is 6.61 Å². The zero-order valence-corrected chi connectivity index (χ0v) is 11.2. The molecule has 1 aliphatic carbocycles. The first kappa shape index (κ1) is 14.9. The zero-order chi connectivity index (χ0) is 14.5. The molecule has 1 saturated carbocycles. The van der Waals surface area contributed by atoms with E-state index in [1.165, 1.54) is 6.07 Å². The van der Waals surface area contributed by atoms with Crippen LogP contribution < -0.4 is 5.32 Å². The van der Waals surface area contributed by atoms with Crippen molar-refractivity contribution in [1.29, 1.82) is 0 Å². The number of aliphatic hydroxyl groups is 1. The van der Waals surface area contributed by atoms with E-state index >= 15 is 0 Å². The summed E-state index contributed by atoms with van der Waals surface area (Å²) in [6, 6.07) is 3.71. The van der Waals surface area contributed by atoms with Crippen LogP contribution in [0, 0.1) is 17.6 Å².